The summed E-state index contributed by atoms with van der Waals surface area (Å²) in [5.41, 5.74) is 4.97. The predicted molar refractivity (Wildman–Crippen MR) is 153 cm³/mol. The molecule has 0 bridgehead atoms. The highest BCUT2D eigenvalue weighted by molar-refractivity contribution is 6.33. The van der Waals surface area contributed by atoms with Crippen LogP contribution in [0.1, 0.15) is 6.92 Å². The second-order valence-electron chi connectivity index (χ2n) is 8.99. The zero-order chi connectivity index (χ0) is 26.6. The highest BCUT2D eigenvalue weighted by atomic mass is 35.5. The number of rotatable bonds is 6. The van der Waals surface area contributed by atoms with Crippen LogP contribution in [0.25, 0.3) is 22.0 Å². The van der Waals surface area contributed by atoms with Crippen molar-refractivity contribution in [2.45, 2.75) is 6.92 Å². The van der Waals surface area contributed by atoms with Crippen LogP contribution in [0.2, 0.25) is 5.02 Å². The summed E-state index contributed by atoms with van der Waals surface area (Å²) in [7, 11) is 0. The van der Waals surface area contributed by atoms with Gasteiger partial charge in [-0.25, -0.2) is 9.97 Å². The topological polar surface area (TPSA) is 90.5 Å². The van der Waals surface area contributed by atoms with Gasteiger partial charge in [0.15, 0.2) is 0 Å². The Morgan fingerprint density at radius 1 is 1.03 bits per heavy atom. The molecule has 2 N–H and O–H groups in total. The summed E-state index contributed by atoms with van der Waals surface area (Å²) in [6, 6.07) is 19.3. The zero-order valence-corrected chi connectivity index (χ0v) is 21.7. The lowest BCUT2D eigenvalue weighted by molar-refractivity contribution is -0.129. The number of anilines is 4. The summed E-state index contributed by atoms with van der Waals surface area (Å²) in [5.74, 6) is 0.258. The molecule has 192 valence electrons. The van der Waals surface area contributed by atoms with E-state index in [1.54, 1.807) is 13.1 Å². The van der Waals surface area contributed by atoms with Crippen molar-refractivity contribution in [3.63, 3.8) is 0 Å². The van der Waals surface area contributed by atoms with Gasteiger partial charge in [0.1, 0.15) is 0 Å². The van der Waals surface area contributed by atoms with Crippen molar-refractivity contribution in [2.75, 3.05) is 41.7 Å². The van der Waals surface area contributed by atoms with E-state index in [1.807, 2.05) is 65.6 Å². The van der Waals surface area contributed by atoms with Crippen LogP contribution < -0.4 is 15.5 Å². The Kier molecular flexibility index (Phi) is 7.24. The van der Waals surface area contributed by atoms with Crippen LogP contribution in [0.15, 0.2) is 79.5 Å². The first-order valence-electron chi connectivity index (χ1n) is 12.3. The maximum atomic E-state index is 11.7. The standard InChI is InChI=1S/C29H27ClN6O2/c1-3-27(38)32-22-8-4-6-20(16-22)24-9-5-7-21-18-31-29(34-28(21)24)33-26-11-10-23(17-25(26)30)36-14-12-35(13-15-36)19(2)37/h3-11,16-18H,1,12-15H2,2H3,(H,32,38)(H,31,33,34). The number of halogens is 1. The first kappa shape index (κ1) is 25.2. The van der Waals surface area contributed by atoms with E-state index in [1.165, 1.54) is 6.08 Å². The van der Waals surface area contributed by atoms with E-state index in [4.69, 9.17) is 16.6 Å². The third kappa shape index (κ3) is 5.45. The molecule has 1 aromatic heterocycles. The summed E-state index contributed by atoms with van der Waals surface area (Å²) in [4.78, 5) is 36.7. The van der Waals surface area contributed by atoms with Crippen LogP contribution in [0.3, 0.4) is 0 Å². The molecule has 0 unspecified atom stereocenters. The molecule has 2 amide bonds. The highest BCUT2D eigenvalue weighted by Crippen LogP contribution is 2.32. The van der Waals surface area contributed by atoms with Crippen molar-refractivity contribution in [3.8, 4) is 11.1 Å². The first-order chi connectivity index (χ1) is 18.4. The number of hydrogen-bond acceptors (Lipinski definition) is 6. The molecule has 8 nitrogen and oxygen atoms in total. The van der Waals surface area contributed by atoms with Gasteiger partial charge >= 0.3 is 0 Å². The van der Waals surface area contributed by atoms with Crippen molar-refractivity contribution in [2.24, 2.45) is 0 Å². The van der Waals surface area contributed by atoms with Gasteiger partial charge in [-0.15, -0.1) is 0 Å². The number of fused-ring (bicyclic) bond motifs is 1. The van der Waals surface area contributed by atoms with Gasteiger partial charge in [0.25, 0.3) is 0 Å². The van der Waals surface area contributed by atoms with Gasteiger partial charge in [-0.3, -0.25) is 9.59 Å². The maximum absolute atomic E-state index is 11.7. The van der Waals surface area contributed by atoms with E-state index in [0.29, 0.717) is 35.4 Å². The molecule has 5 rings (SSSR count). The third-order valence-corrected chi connectivity index (χ3v) is 6.84. The molecule has 4 aromatic rings. The molecule has 38 heavy (non-hydrogen) atoms. The second kappa shape index (κ2) is 10.9. The summed E-state index contributed by atoms with van der Waals surface area (Å²) in [6.45, 7) is 8.03. The third-order valence-electron chi connectivity index (χ3n) is 6.53. The molecule has 1 aliphatic heterocycles. The lowest BCUT2D eigenvalue weighted by atomic mass is 10.0. The molecular weight excluding hydrogens is 500 g/mol. The van der Waals surface area contributed by atoms with E-state index in [0.717, 1.165) is 40.8 Å². The molecular formula is C29H27ClN6O2. The van der Waals surface area contributed by atoms with Crippen LogP contribution in [0.4, 0.5) is 23.0 Å². The fourth-order valence-corrected chi connectivity index (χ4v) is 4.73. The van der Waals surface area contributed by atoms with Gasteiger partial charge in [-0.1, -0.05) is 48.5 Å². The van der Waals surface area contributed by atoms with Gasteiger partial charge in [-0.05, 0) is 42.0 Å². The van der Waals surface area contributed by atoms with Gasteiger partial charge in [-0.2, -0.15) is 0 Å². The summed E-state index contributed by atoms with van der Waals surface area (Å²) < 4.78 is 0. The SMILES string of the molecule is C=CC(=O)Nc1cccc(-c2cccc3cnc(Nc4ccc(N5CCN(C(C)=O)CC5)cc4Cl)nc23)c1. The Bertz CT molecular complexity index is 1530. The molecule has 1 fully saturated rings. The molecule has 0 aliphatic carbocycles. The quantitative estimate of drug-likeness (QED) is 0.323. The number of carbonyl (C=O) groups is 2. The molecule has 2 heterocycles. The van der Waals surface area contributed by atoms with Crippen molar-refractivity contribution in [3.05, 3.63) is 84.5 Å². The minimum atomic E-state index is -0.268. The predicted octanol–water partition coefficient (Wildman–Crippen LogP) is 5.49. The molecule has 1 aliphatic rings. The fraction of sp³-hybridized carbons (Fsp3) is 0.172. The number of benzene rings is 3. The van der Waals surface area contributed by atoms with Gasteiger partial charge in [0.2, 0.25) is 17.8 Å². The molecule has 0 radical (unpaired) electrons. The van der Waals surface area contributed by atoms with Crippen LogP contribution in [-0.2, 0) is 9.59 Å². The molecule has 0 spiro atoms. The summed E-state index contributed by atoms with van der Waals surface area (Å²) in [5, 5.41) is 7.49. The average molecular weight is 527 g/mol. The largest absolute Gasteiger partial charge is 0.368 e. The van der Waals surface area contributed by atoms with Gasteiger partial charge < -0.3 is 20.4 Å². The number of nitrogens with zero attached hydrogens (tertiary/aromatic N) is 4. The molecule has 9 heteroatoms. The number of piperazine rings is 1. The van der Waals surface area contributed by atoms with Gasteiger partial charge in [0, 0.05) is 61.6 Å². The number of amides is 2. The number of nitrogens with one attached hydrogen (secondary N) is 2. The van der Waals surface area contributed by atoms with Crippen molar-refractivity contribution in [1.29, 1.82) is 0 Å². The molecule has 3 aromatic carbocycles. The van der Waals surface area contributed by atoms with E-state index >= 15 is 0 Å². The van der Waals surface area contributed by atoms with Crippen LogP contribution in [0.5, 0.6) is 0 Å². The zero-order valence-electron chi connectivity index (χ0n) is 20.9. The Morgan fingerprint density at radius 2 is 1.82 bits per heavy atom. The van der Waals surface area contributed by atoms with Crippen molar-refractivity contribution >= 4 is 57.3 Å². The molecule has 1 saturated heterocycles. The fourth-order valence-electron chi connectivity index (χ4n) is 4.51. The van der Waals surface area contributed by atoms with E-state index < -0.39 is 0 Å². The van der Waals surface area contributed by atoms with E-state index in [-0.39, 0.29) is 11.8 Å². The summed E-state index contributed by atoms with van der Waals surface area (Å²) >= 11 is 6.64. The molecule has 0 atom stereocenters. The van der Waals surface area contributed by atoms with Crippen LogP contribution >= 0.6 is 11.6 Å². The van der Waals surface area contributed by atoms with Crippen molar-refractivity contribution in [1.82, 2.24) is 14.9 Å². The number of aromatic nitrogens is 2. The Hall–Kier alpha value is -4.43. The molecule has 0 saturated carbocycles. The van der Waals surface area contributed by atoms with Gasteiger partial charge in [0.05, 0.1) is 16.2 Å². The smallest absolute Gasteiger partial charge is 0.247 e. The number of para-hydroxylation sites is 1. The van der Waals surface area contributed by atoms with Crippen LogP contribution in [-0.4, -0.2) is 52.9 Å². The normalized spacial score (nSPS) is 13.3. The Balaban J connectivity index is 1.39. The van der Waals surface area contributed by atoms with E-state index in [2.05, 4.69) is 27.1 Å². The van der Waals surface area contributed by atoms with Crippen molar-refractivity contribution < 1.29 is 9.59 Å². The van der Waals surface area contributed by atoms with E-state index in [9.17, 15) is 9.59 Å². The maximum Gasteiger partial charge on any atom is 0.247 e. The minimum absolute atomic E-state index is 0.105. The Morgan fingerprint density at radius 3 is 2.55 bits per heavy atom. The lowest BCUT2D eigenvalue weighted by Gasteiger charge is -2.35. The Labute approximate surface area is 226 Å². The monoisotopic (exact) mass is 526 g/mol. The number of hydrogen-bond donors (Lipinski definition) is 2. The minimum Gasteiger partial charge on any atom is -0.368 e. The summed E-state index contributed by atoms with van der Waals surface area (Å²) in [6.07, 6.45) is 3.01. The highest BCUT2D eigenvalue weighted by Gasteiger charge is 2.19. The second-order valence-corrected chi connectivity index (χ2v) is 9.40. The average Bonchev–Trinajstić information content (AvgIpc) is 2.94. The lowest BCUT2D eigenvalue weighted by Crippen LogP contribution is -2.48. The van der Waals surface area contributed by atoms with Crippen LogP contribution in [0, 0.1) is 0 Å². The number of carbonyl (C=O) groups excluding carboxylic acids is 2. The first-order valence-corrected chi connectivity index (χ1v) is 12.7.